The fourth-order valence-electron chi connectivity index (χ4n) is 4.58. The standard InChI is InChI=1S/C19H28N4O.2ClH/c1-13-6-8-23(12-13)18-9-14(5-7-20-18)19(24)22(2)17-10-15-3-4-16(11-17)21-15;;/h5,7,9,13,15-17,21H,3-4,6,8,10-12H2,1-2H3;2*1H. The molecule has 0 aliphatic carbocycles. The van der Waals surface area contributed by atoms with Crippen molar-refractivity contribution in [3.05, 3.63) is 23.9 Å². The molecule has 3 aliphatic rings. The van der Waals surface area contributed by atoms with E-state index in [1.807, 2.05) is 24.1 Å². The van der Waals surface area contributed by atoms with Crippen LogP contribution in [0.4, 0.5) is 5.82 Å². The van der Waals surface area contributed by atoms with Crippen molar-refractivity contribution in [1.29, 1.82) is 0 Å². The average molecular weight is 401 g/mol. The number of nitrogens with one attached hydrogen (secondary N) is 1. The molecule has 5 nitrogen and oxygen atoms in total. The Morgan fingerprint density at radius 3 is 2.54 bits per heavy atom. The molecule has 4 rings (SSSR count). The summed E-state index contributed by atoms with van der Waals surface area (Å²) in [6, 6.07) is 5.40. The number of nitrogens with zero attached hydrogens (tertiary/aromatic N) is 3. The van der Waals surface area contributed by atoms with E-state index in [2.05, 4.69) is 22.1 Å². The van der Waals surface area contributed by atoms with Crippen LogP contribution < -0.4 is 10.2 Å². The van der Waals surface area contributed by atoms with Gasteiger partial charge in [-0.2, -0.15) is 0 Å². The fourth-order valence-corrected chi connectivity index (χ4v) is 4.58. The van der Waals surface area contributed by atoms with Gasteiger partial charge in [0.2, 0.25) is 0 Å². The van der Waals surface area contributed by atoms with Gasteiger partial charge in [0, 0.05) is 50.0 Å². The number of amides is 1. The first-order valence-corrected chi connectivity index (χ1v) is 9.34. The highest BCUT2D eigenvalue weighted by Crippen LogP contribution is 2.30. The summed E-state index contributed by atoms with van der Waals surface area (Å²) < 4.78 is 0. The van der Waals surface area contributed by atoms with Crippen LogP contribution in [0, 0.1) is 5.92 Å². The van der Waals surface area contributed by atoms with E-state index >= 15 is 0 Å². The molecular formula is C19H30Cl2N4O. The molecule has 26 heavy (non-hydrogen) atoms. The van der Waals surface area contributed by atoms with Gasteiger partial charge in [-0.1, -0.05) is 6.92 Å². The molecule has 3 unspecified atom stereocenters. The molecule has 0 saturated carbocycles. The summed E-state index contributed by atoms with van der Waals surface area (Å²) in [4.78, 5) is 21.7. The van der Waals surface area contributed by atoms with Crippen molar-refractivity contribution in [3.8, 4) is 0 Å². The highest BCUT2D eigenvalue weighted by molar-refractivity contribution is 5.95. The van der Waals surface area contributed by atoms with Crippen LogP contribution in [0.5, 0.6) is 0 Å². The molecule has 3 aliphatic heterocycles. The zero-order chi connectivity index (χ0) is 16.7. The van der Waals surface area contributed by atoms with E-state index < -0.39 is 0 Å². The number of rotatable bonds is 3. The minimum atomic E-state index is 0. The van der Waals surface area contributed by atoms with Crippen molar-refractivity contribution >= 4 is 36.5 Å². The Hall–Kier alpha value is -1.04. The Bertz CT molecular complexity index is 617. The van der Waals surface area contributed by atoms with Gasteiger partial charge in [-0.15, -0.1) is 24.8 Å². The number of hydrogen-bond acceptors (Lipinski definition) is 4. The number of aromatic nitrogens is 1. The molecule has 0 radical (unpaired) electrons. The molecular weight excluding hydrogens is 371 g/mol. The van der Waals surface area contributed by atoms with Crippen molar-refractivity contribution in [2.45, 2.75) is 57.2 Å². The third-order valence-electron chi connectivity index (χ3n) is 6.06. The first-order chi connectivity index (χ1) is 11.6. The van der Waals surface area contributed by atoms with Crippen molar-refractivity contribution < 1.29 is 4.79 Å². The zero-order valence-corrected chi connectivity index (χ0v) is 17.2. The maximum Gasteiger partial charge on any atom is 0.254 e. The van der Waals surface area contributed by atoms with Gasteiger partial charge in [0.15, 0.2) is 0 Å². The molecule has 1 amide bonds. The smallest absolute Gasteiger partial charge is 0.254 e. The number of fused-ring (bicyclic) bond motifs is 2. The molecule has 4 heterocycles. The lowest BCUT2D eigenvalue weighted by atomic mass is 9.98. The lowest BCUT2D eigenvalue weighted by molar-refractivity contribution is 0.0681. The number of piperidine rings is 1. The summed E-state index contributed by atoms with van der Waals surface area (Å²) in [7, 11) is 1.97. The van der Waals surface area contributed by atoms with Crippen LogP contribution in [0.25, 0.3) is 0 Å². The number of halogens is 2. The third kappa shape index (κ3) is 4.26. The summed E-state index contributed by atoms with van der Waals surface area (Å²) in [5.74, 6) is 1.79. The Balaban J connectivity index is 0.00000121. The summed E-state index contributed by atoms with van der Waals surface area (Å²) >= 11 is 0. The van der Waals surface area contributed by atoms with Gasteiger partial charge < -0.3 is 15.1 Å². The fraction of sp³-hybridized carbons (Fsp3) is 0.684. The number of pyridine rings is 1. The van der Waals surface area contributed by atoms with E-state index in [-0.39, 0.29) is 30.7 Å². The second kappa shape index (κ2) is 8.77. The van der Waals surface area contributed by atoms with E-state index in [9.17, 15) is 4.79 Å². The van der Waals surface area contributed by atoms with E-state index in [1.54, 1.807) is 6.20 Å². The molecule has 1 aromatic heterocycles. The topological polar surface area (TPSA) is 48.5 Å². The second-order valence-electron chi connectivity index (χ2n) is 7.92. The van der Waals surface area contributed by atoms with E-state index in [1.165, 1.54) is 19.3 Å². The molecule has 146 valence electrons. The van der Waals surface area contributed by atoms with Crippen molar-refractivity contribution in [1.82, 2.24) is 15.2 Å². The molecule has 3 fully saturated rings. The molecule has 1 N–H and O–H groups in total. The Kier molecular flexibility index (Phi) is 7.17. The maximum absolute atomic E-state index is 13.0. The summed E-state index contributed by atoms with van der Waals surface area (Å²) in [6.07, 6.45) is 7.68. The Labute approximate surface area is 168 Å². The lowest BCUT2D eigenvalue weighted by Crippen LogP contribution is -2.48. The highest BCUT2D eigenvalue weighted by atomic mass is 35.5. The highest BCUT2D eigenvalue weighted by Gasteiger charge is 2.36. The number of anilines is 1. The zero-order valence-electron chi connectivity index (χ0n) is 15.6. The normalized spacial score (nSPS) is 29.7. The van der Waals surface area contributed by atoms with Crippen LogP contribution in [0.15, 0.2) is 18.3 Å². The minimum Gasteiger partial charge on any atom is -0.356 e. The Morgan fingerprint density at radius 1 is 1.23 bits per heavy atom. The van der Waals surface area contributed by atoms with Crippen LogP contribution >= 0.6 is 24.8 Å². The quantitative estimate of drug-likeness (QED) is 0.846. The molecule has 7 heteroatoms. The van der Waals surface area contributed by atoms with Crippen LogP contribution in [0.2, 0.25) is 0 Å². The van der Waals surface area contributed by atoms with Gasteiger partial charge in [-0.3, -0.25) is 4.79 Å². The molecule has 0 aromatic carbocycles. The van der Waals surface area contributed by atoms with Crippen molar-refractivity contribution in [3.63, 3.8) is 0 Å². The average Bonchev–Trinajstić information content (AvgIpc) is 3.18. The summed E-state index contributed by atoms with van der Waals surface area (Å²) in [6.45, 7) is 4.35. The predicted octanol–water partition coefficient (Wildman–Crippen LogP) is 3.13. The van der Waals surface area contributed by atoms with Crippen LogP contribution in [0.3, 0.4) is 0 Å². The third-order valence-corrected chi connectivity index (χ3v) is 6.06. The van der Waals surface area contributed by atoms with Gasteiger partial charge in [0.25, 0.3) is 5.91 Å². The largest absolute Gasteiger partial charge is 0.356 e. The number of hydrogen-bond donors (Lipinski definition) is 1. The SMILES string of the molecule is CC1CCN(c2cc(C(=O)N(C)C3CC4CCC(C3)N4)ccn2)C1.Cl.Cl. The van der Waals surface area contributed by atoms with Crippen molar-refractivity contribution in [2.75, 3.05) is 25.0 Å². The lowest BCUT2D eigenvalue weighted by Gasteiger charge is -2.35. The van der Waals surface area contributed by atoms with Crippen LogP contribution in [0.1, 0.15) is 49.4 Å². The van der Waals surface area contributed by atoms with Gasteiger partial charge in [0.1, 0.15) is 5.82 Å². The second-order valence-corrected chi connectivity index (χ2v) is 7.92. The van der Waals surface area contributed by atoms with E-state index in [4.69, 9.17) is 0 Å². The summed E-state index contributed by atoms with van der Waals surface area (Å²) in [5.41, 5.74) is 0.771. The van der Waals surface area contributed by atoms with Crippen molar-refractivity contribution in [2.24, 2.45) is 5.92 Å². The first-order valence-electron chi connectivity index (χ1n) is 9.34. The van der Waals surface area contributed by atoms with Crippen LogP contribution in [-0.2, 0) is 0 Å². The maximum atomic E-state index is 13.0. The molecule has 1 aromatic rings. The first kappa shape index (κ1) is 21.3. The molecule has 0 spiro atoms. The number of carbonyl (C=O) groups excluding carboxylic acids is 1. The van der Waals surface area contributed by atoms with Gasteiger partial charge in [-0.05, 0) is 50.2 Å². The van der Waals surface area contributed by atoms with Gasteiger partial charge >= 0.3 is 0 Å². The van der Waals surface area contributed by atoms with Gasteiger partial charge in [-0.25, -0.2) is 4.98 Å². The molecule has 3 saturated heterocycles. The number of carbonyl (C=O) groups is 1. The Morgan fingerprint density at radius 2 is 1.92 bits per heavy atom. The van der Waals surface area contributed by atoms with Gasteiger partial charge in [0.05, 0.1) is 0 Å². The minimum absolute atomic E-state index is 0. The summed E-state index contributed by atoms with van der Waals surface area (Å²) in [5, 5.41) is 3.65. The van der Waals surface area contributed by atoms with E-state index in [0.29, 0.717) is 24.0 Å². The molecule has 2 bridgehead atoms. The monoisotopic (exact) mass is 400 g/mol. The predicted molar refractivity (Wildman–Crippen MR) is 110 cm³/mol. The van der Waals surface area contributed by atoms with E-state index in [0.717, 1.165) is 37.3 Å². The van der Waals surface area contributed by atoms with Crippen LogP contribution in [-0.4, -0.2) is 54.1 Å². The molecule has 3 atom stereocenters.